The van der Waals surface area contributed by atoms with Crippen molar-refractivity contribution >= 4 is 34.9 Å². The average Bonchev–Trinajstić information content (AvgIpc) is 2.46. The van der Waals surface area contributed by atoms with Crippen molar-refractivity contribution in [3.8, 4) is 0 Å². The van der Waals surface area contributed by atoms with Crippen LogP contribution in [0.1, 0.15) is 31.6 Å². The van der Waals surface area contributed by atoms with Gasteiger partial charge in [-0.05, 0) is 38.1 Å². The molecule has 1 rings (SSSR count). The van der Waals surface area contributed by atoms with Crippen LogP contribution in [0.3, 0.4) is 0 Å². The molecule has 21 heavy (non-hydrogen) atoms. The van der Waals surface area contributed by atoms with E-state index >= 15 is 0 Å². The second kappa shape index (κ2) is 9.59. The lowest BCUT2D eigenvalue weighted by molar-refractivity contribution is -0.142. The highest BCUT2D eigenvalue weighted by Gasteiger charge is 2.32. The Morgan fingerprint density at radius 1 is 1.14 bits per heavy atom. The first kappa shape index (κ1) is 18.7. The Kier molecular flexibility index (Phi) is 8.52. The van der Waals surface area contributed by atoms with Gasteiger partial charge in [0.15, 0.2) is 0 Å². The van der Waals surface area contributed by atoms with E-state index in [1.165, 1.54) is 11.4 Å². The highest BCUT2D eigenvalue weighted by molar-refractivity contribution is 8.68. The lowest BCUT2D eigenvalue weighted by atomic mass is 10.1. The highest BCUT2D eigenvalue weighted by atomic mass is 32.9. The minimum atomic E-state index is -2.57. The summed E-state index contributed by atoms with van der Waals surface area (Å²) in [6, 6.07) is 9.43. The molecule has 0 saturated heterocycles. The van der Waals surface area contributed by atoms with Gasteiger partial charge in [0.1, 0.15) is 5.25 Å². The fraction of sp³-hybridized carbons (Fsp3) is 0.500. The van der Waals surface area contributed by atoms with Gasteiger partial charge in [-0.1, -0.05) is 41.7 Å². The van der Waals surface area contributed by atoms with Gasteiger partial charge in [-0.15, -0.1) is 0 Å². The molecule has 0 N–H and O–H groups in total. The second-order valence-corrected chi connectivity index (χ2v) is 10.2. The van der Waals surface area contributed by atoms with Crippen molar-refractivity contribution in [1.29, 1.82) is 0 Å². The molecule has 0 radical (unpaired) electrons. The first-order valence-electron chi connectivity index (χ1n) is 6.85. The van der Waals surface area contributed by atoms with E-state index in [0.717, 1.165) is 5.56 Å². The summed E-state index contributed by atoms with van der Waals surface area (Å²) in [5.74, 6) is -0.317. The molecule has 0 spiro atoms. The van der Waals surface area contributed by atoms with E-state index in [1.807, 2.05) is 44.2 Å². The number of carbonyl (C=O) groups excluding carboxylic acids is 1. The van der Waals surface area contributed by atoms with Crippen LogP contribution < -0.4 is 0 Å². The first-order chi connectivity index (χ1) is 10.1. The summed E-state index contributed by atoms with van der Waals surface area (Å²) in [5, 5.41) is -0.532. The third-order valence-electron chi connectivity index (χ3n) is 2.41. The van der Waals surface area contributed by atoms with Gasteiger partial charge in [0, 0.05) is 0 Å². The summed E-state index contributed by atoms with van der Waals surface area (Å²) < 4.78 is 16.4. The van der Waals surface area contributed by atoms with E-state index in [1.54, 1.807) is 6.92 Å². The van der Waals surface area contributed by atoms with Crippen LogP contribution >= 0.6 is 17.1 Å². The van der Waals surface area contributed by atoms with Crippen molar-refractivity contribution in [2.24, 2.45) is 0 Å². The predicted molar refractivity (Wildman–Crippen MR) is 90.9 cm³/mol. The van der Waals surface area contributed by atoms with E-state index in [0.29, 0.717) is 19.8 Å². The molecule has 0 amide bonds. The van der Waals surface area contributed by atoms with E-state index in [9.17, 15) is 4.79 Å². The summed E-state index contributed by atoms with van der Waals surface area (Å²) in [6.07, 6.45) is 0. The maximum atomic E-state index is 12.2. The molecule has 1 aromatic rings. The molecule has 1 unspecified atom stereocenters. The number of esters is 1. The average molecular weight is 348 g/mol. The lowest BCUT2D eigenvalue weighted by Crippen LogP contribution is -2.13. The molecule has 1 atom stereocenters. The third kappa shape index (κ3) is 6.09. The van der Waals surface area contributed by atoms with E-state index < -0.39 is 10.9 Å². The van der Waals surface area contributed by atoms with Gasteiger partial charge in [-0.25, -0.2) is 0 Å². The largest absolute Gasteiger partial charge is 0.465 e. The Labute approximate surface area is 135 Å². The molecule has 118 valence electrons. The summed E-state index contributed by atoms with van der Waals surface area (Å²) in [5.41, 5.74) is -1.73. The molecular formula is C14H21O4PS2. The molecule has 0 aliphatic rings. The van der Waals surface area contributed by atoms with Crippen LogP contribution in [-0.4, -0.2) is 25.8 Å². The molecule has 0 aliphatic carbocycles. The molecular weight excluding hydrogens is 327 g/mol. The third-order valence-corrected chi connectivity index (χ3v) is 7.94. The fourth-order valence-electron chi connectivity index (χ4n) is 1.63. The van der Waals surface area contributed by atoms with Crippen molar-refractivity contribution in [2.45, 2.75) is 26.0 Å². The number of hydrogen-bond donors (Lipinski definition) is 0. The van der Waals surface area contributed by atoms with Gasteiger partial charge < -0.3 is 13.8 Å². The van der Waals surface area contributed by atoms with Crippen molar-refractivity contribution in [3.05, 3.63) is 35.9 Å². The SMILES string of the molecule is CCOC(=O)C(SP(=S)(OCC)OCC)c1ccccc1. The van der Waals surface area contributed by atoms with Gasteiger partial charge >= 0.3 is 5.97 Å². The molecule has 0 fully saturated rings. The van der Waals surface area contributed by atoms with Crippen LogP contribution in [0.2, 0.25) is 0 Å². The molecule has 7 heteroatoms. The maximum Gasteiger partial charge on any atom is 0.324 e. The molecule has 0 aromatic heterocycles. The van der Waals surface area contributed by atoms with Crippen molar-refractivity contribution in [2.75, 3.05) is 19.8 Å². The Bertz CT molecular complexity index is 471. The molecule has 1 aromatic carbocycles. The first-order valence-corrected chi connectivity index (χ1v) is 11.0. The number of rotatable bonds is 9. The zero-order valence-corrected chi connectivity index (χ0v) is 15.0. The Morgan fingerprint density at radius 2 is 1.71 bits per heavy atom. The van der Waals surface area contributed by atoms with Crippen LogP contribution in [0.25, 0.3) is 0 Å². The normalized spacial score (nSPS) is 12.9. The lowest BCUT2D eigenvalue weighted by Gasteiger charge is -2.24. The Hall–Kier alpha value is -0.390. The predicted octanol–water partition coefficient (Wildman–Crippen LogP) is 4.32. The van der Waals surface area contributed by atoms with Gasteiger partial charge in [-0.3, -0.25) is 4.79 Å². The van der Waals surface area contributed by atoms with Gasteiger partial charge in [-0.2, -0.15) is 0 Å². The summed E-state index contributed by atoms with van der Waals surface area (Å²) >= 11 is 6.75. The van der Waals surface area contributed by atoms with Crippen LogP contribution in [0.15, 0.2) is 30.3 Å². The number of ether oxygens (including phenoxy) is 1. The van der Waals surface area contributed by atoms with E-state index in [4.69, 9.17) is 25.6 Å². The monoisotopic (exact) mass is 348 g/mol. The molecule has 0 bridgehead atoms. The number of hydrogen-bond acceptors (Lipinski definition) is 6. The van der Waals surface area contributed by atoms with Crippen LogP contribution in [0.4, 0.5) is 0 Å². The van der Waals surface area contributed by atoms with Crippen molar-refractivity contribution in [3.63, 3.8) is 0 Å². The van der Waals surface area contributed by atoms with E-state index in [-0.39, 0.29) is 5.97 Å². The fourth-order valence-corrected chi connectivity index (χ4v) is 6.95. The zero-order chi connectivity index (χ0) is 15.7. The molecule has 0 heterocycles. The summed E-state index contributed by atoms with van der Waals surface area (Å²) in [7, 11) is 0. The molecule has 0 aliphatic heterocycles. The molecule has 0 saturated carbocycles. The van der Waals surface area contributed by atoms with Gasteiger partial charge in [0.05, 0.1) is 19.8 Å². The Balaban J connectivity index is 3.01. The minimum Gasteiger partial charge on any atom is -0.465 e. The Morgan fingerprint density at radius 3 is 2.19 bits per heavy atom. The van der Waals surface area contributed by atoms with Crippen molar-refractivity contribution < 1.29 is 18.6 Å². The van der Waals surface area contributed by atoms with Crippen LogP contribution in [0, 0.1) is 0 Å². The second-order valence-electron chi connectivity index (χ2n) is 3.93. The highest BCUT2D eigenvalue weighted by Crippen LogP contribution is 2.66. The summed E-state index contributed by atoms with van der Waals surface area (Å²) in [6.45, 7) is 6.74. The van der Waals surface area contributed by atoms with Crippen LogP contribution in [0.5, 0.6) is 0 Å². The van der Waals surface area contributed by atoms with Crippen molar-refractivity contribution in [1.82, 2.24) is 0 Å². The topological polar surface area (TPSA) is 44.8 Å². The van der Waals surface area contributed by atoms with Crippen LogP contribution in [-0.2, 0) is 30.4 Å². The number of carbonyl (C=O) groups is 1. The quantitative estimate of drug-likeness (QED) is 0.489. The molecule has 4 nitrogen and oxygen atoms in total. The number of benzene rings is 1. The van der Waals surface area contributed by atoms with Gasteiger partial charge in [0.25, 0.3) is 0 Å². The van der Waals surface area contributed by atoms with E-state index in [2.05, 4.69) is 0 Å². The minimum absolute atomic E-state index is 0.317. The van der Waals surface area contributed by atoms with Gasteiger partial charge in [0.2, 0.25) is 5.69 Å². The maximum absolute atomic E-state index is 12.2. The zero-order valence-electron chi connectivity index (χ0n) is 12.5. The smallest absolute Gasteiger partial charge is 0.324 e. The summed E-state index contributed by atoms with van der Waals surface area (Å²) in [4.78, 5) is 12.2. The standard InChI is InChI=1S/C14H21O4PS2/c1-4-16-14(15)13(12-10-8-7-9-11-12)21-19(20,17-5-2)18-6-3/h7-11,13H,4-6H2,1-3H3.